The highest BCUT2D eigenvalue weighted by molar-refractivity contribution is 5.89. The van der Waals surface area contributed by atoms with Gasteiger partial charge in [-0.2, -0.15) is 0 Å². The van der Waals surface area contributed by atoms with Crippen LogP contribution in [-0.2, 0) is 16.1 Å². The minimum atomic E-state index is -0.248. The average molecular weight is 318 g/mol. The van der Waals surface area contributed by atoms with Gasteiger partial charge < -0.3 is 15.0 Å². The maximum Gasteiger partial charge on any atom is 0.225 e. The van der Waals surface area contributed by atoms with E-state index >= 15 is 0 Å². The van der Waals surface area contributed by atoms with E-state index in [1.165, 1.54) is 0 Å². The third-order valence-corrected chi connectivity index (χ3v) is 4.49. The number of hydrogen-bond acceptors (Lipinski definition) is 3. The molecule has 0 spiro atoms. The molecule has 2 amide bonds. The van der Waals surface area contributed by atoms with E-state index in [4.69, 9.17) is 4.74 Å². The highest BCUT2D eigenvalue weighted by Gasteiger charge is 2.34. The van der Waals surface area contributed by atoms with E-state index in [1.54, 1.807) is 12.0 Å². The van der Waals surface area contributed by atoms with Gasteiger partial charge in [-0.1, -0.05) is 26.0 Å². The van der Waals surface area contributed by atoms with Crippen molar-refractivity contribution in [2.45, 2.75) is 39.8 Å². The van der Waals surface area contributed by atoms with Gasteiger partial charge in [-0.25, -0.2) is 0 Å². The second-order valence-corrected chi connectivity index (χ2v) is 6.56. The highest BCUT2D eigenvalue weighted by atomic mass is 16.5. The summed E-state index contributed by atoms with van der Waals surface area (Å²) in [7, 11) is 1.63. The Morgan fingerprint density at radius 1 is 1.30 bits per heavy atom. The maximum atomic E-state index is 12.3. The maximum absolute atomic E-state index is 12.3. The zero-order valence-electron chi connectivity index (χ0n) is 14.3. The van der Waals surface area contributed by atoms with Crippen LogP contribution in [-0.4, -0.2) is 36.4 Å². The Kier molecular flexibility index (Phi) is 5.64. The van der Waals surface area contributed by atoms with E-state index in [9.17, 15) is 9.59 Å². The number of benzene rings is 1. The van der Waals surface area contributed by atoms with Crippen molar-refractivity contribution in [1.82, 2.24) is 10.2 Å². The molecule has 1 fully saturated rings. The molecule has 0 saturated carbocycles. The Hall–Kier alpha value is -2.04. The fourth-order valence-corrected chi connectivity index (χ4v) is 2.56. The SMILES string of the molecule is COc1ccc(CN2C[C@H](C(=O)N[C@H](C)C(C)C)CC2=O)cc1. The fraction of sp³-hybridized carbons (Fsp3) is 0.556. The van der Waals surface area contributed by atoms with Crippen LogP contribution in [0.1, 0.15) is 32.8 Å². The van der Waals surface area contributed by atoms with Gasteiger partial charge in [-0.05, 0) is 30.5 Å². The first-order chi connectivity index (χ1) is 10.9. The standard InChI is InChI=1S/C18H26N2O3/c1-12(2)13(3)19-18(22)15-9-17(21)20(11-15)10-14-5-7-16(23-4)8-6-14/h5-8,12-13,15H,9-11H2,1-4H3,(H,19,22)/t13-,15-/m1/s1. The summed E-state index contributed by atoms with van der Waals surface area (Å²) in [5, 5.41) is 3.01. The quantitative estimate of drug-likeness (QED) is 0.875. The van der Waals surface area contributed by atoms with Crippen molar-refractivity contribution in [3.05, 3.63) is 29.8 Å². The smallest absolute Gasteiger partial charge is 0.225 e. The van der Waals surface area contributed by atoms with Gasteiger partial charge in [0.25, 0.3) is 0 Å². The van der Waals surface area contributed by atoms with Crippen molar-refractivity contribution in [3.63, 3.8) is 0 Å². The van der Waals surface area contributed by atoms with Crippen LogP contribution in [0.3, 0.4) is 0 Å². The molecule has 2 atom stereocenters. The molecule has 5 nitrogen and oxygen atoms in total. The van der Waals surface area contributed by atoms with Gasteiger partial charge in [0, 0.05) is 25.6 Å². The first kappa shape index (κ1) is 17.3. The van der Waals surface area contributed by atoms with Crippen LogP contribution in [0.15, 0.2) is 24.3 Å². The number of ether oxygens (including phenoxy) is 1. The number of nitrogens with zero attached hydrogens (tertiary/aromatic N) is 1. The lowest BCUT2D eigenvalue weighted by Crippen LogP contribution is -2.40. The third-order valence-electron chi connectivity index (χ3n) is 4.49. The Morgan fingerprint density at radius 2 is 1.96 bits per heavy atom. The molecule has 23 heavy (non-hydrogen) atoms. The molecule has 1 N–H and O–H groups in total. The zero-order chi connectivity index (χ0) is 17.0. The summed E-state index contributed by atoms with van der Waals surface area (Å²) in [5.41, 5.74) is 1.04. The number of likely N-dealkylation sites (tertiary alicyclic amines) is 1. The van der Waals surface area contributed by atoms with Gasteiger partial charge >= 0.3 is 0 Å². The summed E-state index contributed by atoms with van der Waals surface area (Å²) in [4.78, 5) is 26.2. The van der Waals surface area contributed by atoms with Crippen molar-refractivity contribution < 1.29 is 14.3 Å². The van der Waals surface area contributed by atoms with Gasteiger partial charge in [0.1, 0.15) is 5.75 Å². The number of carbonyl (C=O) groups is 2. The van der Waals surface area contributed by atoms with Crippen LogP contribution in [0.2, 0.25) is 0 Å². The van der Waals surface area contributed by atoms with Crippen LogP contribution >= 0.6 is 0 Å². The molecule has 0 bridgehead atoms. The molecule has 1 aromatic carbocycles. The number of rotatable bonds is 6. The number of nitrogens with one attached hydrogen (secondary N) is 1. The van der Waals surface area contributed by atoms with Crippen molar-refractivity contribution in [2.24, 2.45) is 11.8 Å². The Morgan fingerprint density at radius 3 is 2.52 bits per heavy atom. The fourth-order valence-electron chi connectivity index (χ4n) is 2.56. The number of methoxy groups -OCH3 is 1. The summed E-state index contributed by atoms with van der Waals surface area (Å²) >= 11 is 0. The molecule has 1 aliphatic rings. The Bertz CT molecular complexity index is 554. The van der Waals surface area contributed by atoms with Crippen LogP contribution in [0.25, 0.3) is 0 Å². The highest BCUT2D eigenvalue weighted by Crippen LogP contribution is 2.22. The Balaban J connectivity index is 1.92. The lowest BCUT2D eigenvalue weighted by atomic mass is 10.0. The third kappa shape index (κ3) is 4.47. The lowest BCUT2D eigenvalue weighted by molar-refractivity contribution is -0.129. The number of carbonyl (C=O) groups excluding carboxylic acids is 2. The van der Waals surface area contributed by atoms with Gasteiger partial charge in [0.05, 0.1) is 13.0 Å². The first-order valence-electron chi connectivity index (χ1n) is 8.11. The molecule has 126 valence electrons. The van der Waals surface area contributed by atoms with Crippen molar-refractivity contribution >= 4 is 11.8 Å². The normalized spacial score (nSPS) is 19.1. The van der Waals surface area contributed by atoms with Crippen molar-refractivity contribution in [1.29, 1.82) is 0 Å². The average Bonchev–Trinajstić information content (AvgIpc) is 2.89. The molecular formula is C18H26N2O3. The van der Waals surface area contributed by atoms with Crippen molar-refractivity contribution in [2.75, 3.05) is 13.7 Å². The molecule has 0 unspecified atom stereocenters. The molecule has 1 saturated heterocycles. The number of amides is 2. The number of hydrogen-bond donors (Lipinski definition) is 1. The van der Waals surface area contributed by atoms with E-state index < -0.39 is 0 Å². The van der Waals surface area contributed by atoms with E-state index in [0.717, 1.165) is 11.3 Å². The summed E-state index contributed by atoms with van der Waals surface area (Å²) in [5.74, 6) is 0.949. The van der Waals surface area contributed by atoms with Crippen LogP contribution < -0.4 is 10.1 Å². The second-order valence-electron chi connectivity index (χ2n) is 6.56. The molecule has 0 radical (unpaired) electrons. The monoisotopic (exact) mass is 318 g/mol. The van der Waals surface area contributed by atoms with Gasteiger partial charge in [0.2, 0.25) is 11.8 Å². The van der Waals surface area contributed by atoms with Gasteiger partial charge in [-0.3, -0.25) is 9.59 Å². The summed E-state index contributed by atoms with van der Waals surface area (Å²) < 4.78 is 5.13. The van der Waals surface area contributed by atoms with Gasteiger partial charge in [-0.15, -0.1) is 0 Å². The molecule has 1 aliphatic heterocycles. The minimum Gasteiger partial charge on any atom is -0.497 e. The topological polar surface area (TPSA) is 58.6 Å². The van der Waals surface area contributed by atoms with Crippen molar-refractivity contribution in [3.8, 4) is 5.75 Å². The summed E-state index contributed by atoms with van der Waals surface area (Å²) in [6, 6.07) is 7.77. The minimum absolute atomic E-state index is 0.0169. The second kappa shape index (κ2) is 7.49. The molecule has 0 aromatic heterocycles. The Labute approximate surface area is 138 Å². The summed E-state index contributed by atoms with van der Waals surface area (Å²) in [6.45, 7) is 7.16. The molecule has 2 rings (SSSR count). The van der Waals surface area contributed by atoms with Crippen LogP contribution in [0, 0.1) is 11.8 Å². The van der Waals surface area contributed by atoms with E-state index in [-0.39, 0.29) is 23.8 Å². The predicted octanol–water partition coefficient (Wildman–Crippen LogP) is 2.20. The predicted molar refractivity (Wildman–Crippen MR) is 89.0 cm³/mol. The van der Waals surface area contributed by atoms with E-state index in [0.29, 0.717) is 25.4 Å². The summed E-state index contributed by atoms with van der Waals surface area (Å²) in [6.07, 6.45) is 0.298. The molecule has 0 aliphatic carbocycles. The van der Waals surface area contributed by atoms with Gasteiger partial charge in [0.15, 0.2) is 0 Å². The van der Waals surface area contributed by atoms with E-state index in [2.05, 4.69) is 19.2 Å². The molecule has 1 heterocycles. The lowest BCUT2D eigenvalue weighted by Gasteiger charge is -2.20. The van der Waals surface area contributed by atoms with E-state index in [1.807, 2.05) is 31.2 Å². The first-order valence-corrected chi connectivity index (χ1v) is 8.11. The molecule has 1 aromatic rings. The molecule has 5 heteroatoms. The largest absolute Gasteiger partial charge is 0.497 e. The zero-order valence-corrected chi connectivity index (χ0v) is 14.3. The molecular weight excluding hydrogens is 292 g/mol. The van der Waals surface area contributed by atoms with Crippen LogP contribution in [0.4, 0.5) is 0 Å². The van der Waals surface area contributed by atoms with Crippen LogP contribution in [0.5, 0.6) is 5.75 Å².